The van der Waals surface area contributed by atoms with Gasteiger partial charge in [0, 0.05) is 12.1 Å². The second-order valence-electron chi connectivity index (χ2n) is 6.39. The lowest BCUT2D eigenvalue weighted by atomic mass is 9.76. The lowest BCUT2D eigenvalue weighted by Gasteiger charge is -2.32. The number of hydrogen-bond acceptors (Lipinski definition) is 5. The third-order valence-corrected chi connectivity index (χ3v) is 4.89. The Labute approximate surface area is 129 Å². The highest BCUT2D eigenvalue weighted by molar-refractivity contribution is 5.80. The molecule has 1 aliphatic carbocycles. The van der Waals surface area contributed by atoms with Gasteiger partial charge in [0.1, 0.15) is 5.76 Å². The van der Waals surface area contributed by atoms with Crippen LogP contribution in [0.15, 0.2) is 27.7 Å². The molecule has 2 heterocycles. The van der Waals surface area contributed by atoms with Crippen molar-refractivity contribution in [3.05, 3.63) is 40.8 Å². The predicted octanol–water partition coefficient (Wildman–Crippen LogP) is 2.10. The van der Waals surface area contributed by atoms with Crippen LogP contribution in [0.5, 0.6) is 0 Å². The van der Waals surface area contributed by atoms with Crippen molar-refractivity contribution in [1.29, 1.82) is 0 Å². The van der Waals surface area contributed by atoms with Crippen molar-refractivity contribution >= 4 is 5.96 Å². The maximum Gasteiger partial charge on any atom is 0.189 e. The van der Waals surface area contributed by atoms with Gasteiger partial charge in [-0.2, -0.15) is 0 Å². The fraction of sp³-hybridized carbons (Fsp3) is 0.412. The normalized spacial score (nSPS) is 23.3. The smallest absolute Gasteiger partial charge is 0.189 e. The molecule has 0 radical (unpaired) electrons. The summed E-state index contributed by atoms with van der Waals surface area (Å²) in [4.78, 5) is 4.66. The Kier molecular flexibility index (Phi) is 2.79. The molecule has 4 rings (SSSR count). The van der Waals surface area contributed by atoms with E-state index >= 15 is 0 Å². The Hall–Kier alpha value is -2.30. The number of benzene rings is 1. The molecule has 1 aromatic heterocycles. The number of nitrogens with two attached hydrogens (primary N) is 1. The molecule has 22 heavy (non-hydrogen) atoms. The van der Waals surface area contributed by atoms with Gasteiger partial charge in [0.25, 0.3) is 0 Å². The molecule has 1 aromatic carbocycles. The molecule has 0 saturated heterocycles. The van der Waals surface area contributed by atoms with Crippen molar-refractivity contribution in [1.82, 2.24) is 10.5 Å². The molecule has 3 N–H and O–H groups in total. The minimum atomic E-state index is -0.0611. The summed E-state index contributed by atoms with van der Waals surface area (Å²) in [6.07, 6.45) is 2.97. The van der Waals surface area contributed by atoms with Crippen LogP contribution in [0, 0.1) is 13.8 Å². The van der Waals surface area contributed by atoms with Crippen LogP contribution >= 0.6 is 0 Å². The summed E-state index contributed by atoms with van der Waals surface area (Å²) in [5.74, 6) is 1.46. The summed E-state index contributed by atoms with van der Waals surface area (Å²) < 4.78 is 5.35. The number of nitrogens with one attached hydrogen (secondary N) is 1. The third-order valence-electron chi connectivity index (χ3n) is 4.89. The van der Waals surface area contributed by atoms with Crippen LogP contribution in [0.3, 0.4) is 0 Å². The molecule has 0 saturated carbocycles. The molecule has 2 aliphatic rings. The number of guanidine groups is 1. The van der Waals surface area contributed by atoms with Crippen molar-refractivity contribution in [3.8, 4) is 11.1 Å². The molecule has 5 heteroatoms. The molecule has 1 aliphatic heterocycles. The molecule has 1 spiro atoms. The fourth-order valence-corrected chi connectivity index (χ4v) is 3.83. The van der Waals surface area contributed by atoms with Crippen LogP contribution in [-0.2, 0) is 12.8 Å². The van der Waals surface area contributed by atoms with Gasteiger partial charge in [0.05, 0.1) is 11.2 Å². The first kappa shape index (κ1) is 13.4. The second-order valence-corrected chi connectivity index (χ2v) is 6.39. The molecule has 1 unspecified atom stereocenters. The lowest BCUT2D eigenvalue weighted by molar-refractivity contribution is 0.393. The van der Waals surface area contributed by atoms with Crippen molar-refractivity contribution < 1.29 is 4.52 Å². The summed E-state index contributed by atoms with van der Waals surface area (Å²) in [7, 11) is 0. The standard InChI is InChI=1S/C17H20N4O/c1-10-15(11(2)22-21-10)14-5-3-4-12-8-17(7-6-13(12)14)9-19-16(18)20-17/h3-5H,6-9H2,1-2H3,(H3,18,19,20). The SMILES string of the molecule is Cc1noc(C)c1-c1cccc2c1CCC1(CNC(N)=N1)C2. The van der Waals surface area contributed by atoms with Crippen LogP contribution in [0.2, 0.25) is 0 Å². The van der Waals surface area contributed by atoms with Crippen LogP contribution in [-0.4, -0.2) is 23.2 Å². The van der Waals surface area contributed by atoms with Crippen molar-refractivity contribution in [2.75, 3.05) is 6.54 Å². The summed E-state index contributed by atoms with van der Waals surface area (Å²) in [6.45, 7) is 4.82. The summed E-state index contributed by atoms with van der Waals surface area (Å²) >= 11 is 0. The lowest BCUT2D eigenvalue weighted by Crippen LogP contribution is -2.39. The Morgan fingerprint density at radius 2 is 2.18 bits per heavy atom. The average Bonchev–Trinajstić information content (AvgIpc) is 3.01. The summed E-state index contributed by atoms with van der Waals surface area (Å²) in [5.41, 5.74) is 11.9. The van der Waals surface area contributed by atoms with E-state index in [-0.39, 0.29) is 5.54 Å². The first-order valence-corrected chi connectivity index (χ1v) is 7.71. The fourth-order valence-electron chi connectivity index (χ4n) is 3.83. The zero-order chi connectivity index (χ0) is 15.3. The first-order valence-electron chi connectivity index (χ1n) is 7.71. The number of rotatable bonds is 1. The van der Waals surface area contributed by atoms with Gasteiger partial charge in [0.2, 0.25) is 0 Å². The molecular weight excluding hydrogens is 276 g/mol. The second kappa shape index (κ2) is 4.60. The number of hydrogen-bond donors (Lipinski definition) is 2. The van der Waals surface area contributed by atoms with E-state index in [1.807, 2.05) is 13.8 Å². The van der Waals surface area contributed by atoms with Gasteiger partial charge in [-0.3, -0.25) is 0 Å². The van der Waals surface area contributed by atoms with E-state index in [2.05, 4.69) is 33.7 Å². The van der Waals surface area contributed by atoms with Crippen LogP contribution in [0.4, 0.5) is 0 Å². The van der Waals surface area contributed by atoms with Crippen LogP contribution in [0.1, 0.15) is 29.0 Å². The van der Waals surface area contributed by atoms with E-state index in [1.165, 1.54) is 16.7 Å². The van der Waals surface area contributed by atoms with E-state index in [4.69, 9.17) is 10.3 Å². The highest BCUT2D eigenvalue weighted by Gasteiger charge is 2.38. The minimum absolute atomic E-state index is 0.0611. The highest BCUT2D eigenvalue weighted by atomic mass is 16.5. The Morgan fingerprint density at radius 1 is 1.32 bits per heavy atom. The third kappa shape index (κ3) is 1.92. The van der Waals surface area contributed by atoms with Crippen molar-refractivity contribution in [3.63, 3.8) is 0 Å². The number of aliphatic imine (C=N–C) groups is 1. The molecular formula is C17H20N4O. The summed E-state index contributed by atoms with van der Waals surface area (Å²) in [5, 5.41) is 7.27. The van der Waals surface area contributed by atoms with Crippen molar-refractivity contribution in [2.24, 2.45) is 10.7 Å². The molecule has 114 valence electrons. The number of nitrogens with zero attached hydrogens (tertiary/aromatic N) is 2. The van der Waals surface area contributed by atoms with Crippen LogP contribution < -0.4 is 11.1 Å². The molecule has 0 amide bonds. The number of aromatic nitrogens is 1. The molecule has 0 bridgehead atoms. The Balaban J connectivity index is 1.79. The van der Waals surface area contributed by atoms with E-state index in [0.29, 0.717) is 5.96 Å². The maximum absolute atomic E-state index is 5.83. The van der Waals surface area contributed by atoms with Gasteiger partial charge < -0.3 is 15.6 Å². The quantitative estimate of drug-likeness (QED) is 0.845. The average molecular weight is 296 g/mol. The minimum Gasteiger partial charge on any atom is -0.370 e. The van der Waals surface area contributed by atoms with Gasteiger partial charge in [-0.15, -0.1) is 0 Å². The van der Waals surface area contributed by atoms with E-state index in [0.717, 1.165) is 42.8 Å². The largest absolute Gasteiger partial charge is 0.370 e. The Bertz CT molecular complexity index is 757. The zero-order valence-electron chi connectivity index (χ0n) is 12.9. The monoisotopic (exact) mass is 296 g/mol. The molecule has 2 aromatic rings. The topological polar surface area (TPSA) is 76.4 Å². The van der Waals surface area contributed by atoms with Gasteiger partial charge in [-0.05, 0) is 49.8 Å². The molecule has 0 fully saturated rings. The molecule has 1 atom stereocenters. The van der Waals surface area contributed by atoms with Crippen molar-refractivity contribution in [2.45, 2.75) is 38.6 Å². The van der Waals surface area contributed by atoms with E-state index in [1.54, 1.807) is 0 Å². The van der Waals surface area contributed by atoms with Gasteiger partial charge >= 0.3 is 0 Å². The predicted molar refractivity (Wildman–Crippen MR) is 85.8 cm³/mol. The summed E-state index contributed by atoms with van der Waals surface area (Å²) in [6, 6.07) is 6.50. The maximum atomic E-state index is 5.83. The Morgan fingerprint density at radius 3 is 2.86 bits per heavy atom. The molecule has 5 nitrogen and oxygen atoms in total. The van der Waals surface area contributed by atoms with Gasteiger partial charge in [-0.25, -0.2) is 4.99 Å². The van der Waals surface area contributed by atoms with Crippen LogP contribution in [0.25, 0.3) is 11.1 Å². The highest BCUT2D eigenvalue weighted by Crippen LogP contribution is 2.39. The van der Waals surface area contributed by atoms with Gasteiger partial charge in [-0.1, -0.05) is 23.4 Å². The number of aryl methyl sites for hydroxylation is 2. The van der Waals surface area contributed by atoms with E-state index in [9.17, 15) is 0 Å². The zero-order valence-corrected chi connectivity index (χ0v) is 12.9. The van der Waals surface area contributed by atoms with Gasteiger partial charge in [0.15, 0.2) is 5.96 Å². The first-order chi connectivity index (χ1) is 10.6. The van der Waals surface area contributed by atoms with E-state index < -0.39 is 0 Å². The number of fused-ring (bicyclic) bond motifs is 1.